The Balaban J connectivity index is 2.39. The van der Waals surface area contributed by atoms with Gasteiger partial charge >= 0.3 is 6.18 Å². The van der Waals surface area contributed by atoms with E-state index in [-0.39, 0.29) is 15.1 Å². The smallest absolute Gasteiger partial charge is 0.229 e. The van der Waals surface area contributed by atoms with Gasteiger partial charge in [-0.2, -0.15) is 13.2 Å². The Bertz CT molecular complexity index is 644. The molecule has 8 heteroatoms. The SMILES string of the molecule is Fc1ccc(F)c(Sc2cc(C(F)(F)F)cc(Cl)n2)c1. The Morgan fingerprint density at radius 1 is 1.05 bits per heavy atom. The molecule has 0 spiro atoms. The second kappa shape index (κ2) is 5.57. The van der Waals surface area contributed by atoms with Gasteiger partial charge in [0.25, 0.3) is 0 Å². The molecule has 0 amide bonds. The van der Waals surface area contributed by atoms with Crippen molar-refractivity contribution in [3.8, 4) is 0 Å². The molecular formula is C12H5ClF5NS. The number of nitrogens with zero attached hydrogens (tertiary/aromatic N) is 1. The molecule has 20 heavy (non-hydrogen) atoms. The number of pyridine rings is 1. The van der Waals surface area contributed by atoms with Gasteiger partial charge in [0.2, 0.25) is 0 Å². The zero-order valence-electron chi connectivity index (χ0n) is 9.51. The van der Waals surface area contributed by atoms with E-state index < -0.39 is 23.4 Å². The molecule has 0 N–H and O–H groups in total. The van der Waals surface area contributed by atoms with Crippen LogP contribution in [0.3, 0.4) is 0 Å². The van der Waals surface area contributed by atoms with Gasteiger partial charge < -0.3 is 0 Å². The van der Waals surface area contributed by atoms with E-state index in [1.807, 2.05) is 0 Å². The Hall–Kier alpha value is -1.34. The minimum atomic E-state index is -4.59. The number of aromatic nitrogens is 1. The molecule has 0 saturated heterocycles. The molecule has 106 valence electrons. The maximum absolute atomic E-state index is 13.4. The van der Waals surface area contributed by atoms with Crippen LogP contribution in [0.5, 0.6) is 0 Å². The molecule has 2 aromatic rings. The molecule has 0 unspecified atom stereocenters. The van der Waals surface area contributed by atoms with E-state index in [0.29, 0.717) is 17.8 Å². The third kappa shape index (κ3) is 3.61. The summed E-state index contributed by atoms with van der Waals surface area (Å²) in [5.41, 5.74) is -1.00. The number of rotatable bonds is 2. The Morgan fingerprint density at radius 2 is 1.75 bits per heavy atom. The highest BCUT2D eigenvalue weighted by Crippen LogP contribution is 2.35. The standard InChI is InChI=1S/C12H5ClF5NS/c13-10-3-6(12(16,17)18)4-11(19-10)20-9-5-7(14)1-2-8(9)15/h1-5H. The lowest BCUT2D eigenvalue weighted by atomic mass is 10.3. The topological polar surface area (TPSA) is 12.9 Å². The van der Waals surface area contributed by atoms with Gasteiger partial charge in [0, 0.05) is 0 Å². The van der Waals surface area contributed by atoms with Gasteiger partial charge in [-0.05, 0) is 30.3 Å². The Labute approximate surface area is 119 Å². The largest absolute Gasteiger partial charge is 0.416 e. The number of hydrogen-bond donors (Lipinski definition) is 0. The molecule has 0 aliphatic carbocycles. The third-order valence-electron chi connectivity index (χ3n) is 2.21. The number of halogens is 6. The monoisotopic (exact) mass is 325 g/mol. The lowest BCUT2D eigenvalue weighted by Crippen LogP contribution is -2.05. The fraction of sp³-hybridized carbons (Fsp3) is 0.0833. The maximum Gasteiger partial charge on any atom is 0.416 e. The Kier molecular flexibility index (Phi) is 4.19. The van der Waals surface area contributed by atoms with Crippen molar-refractivity contribution < 1.29 is 22.0 Å². The molecule has 0 bridgehead atoms. The maximum atomic E-state index is 13.4. The summed E-state index contributed by atoms with van der Waals surface area (Å²) in [5.74, 6) is -1.46. The van der Waals surface area contributed by atoms with E-state index in [1.165, 1.54) is 0 Å². The van der Waals surface area contributed by atoms with Crippen LogP contribution in [-0.2, 0) is 6.18 Å². The first-order chi connectivity index (χ1) is 9.25. The molecule has 0 aliphatic rings. The highest BCUT2D eigenvalue weighted by molar-refractivity contribution is 7.99. The first-order valence-electron chi connectivity index (χ1n) is 5.13. The van der Waals surface area contributed by atoms with Crippen LogP contribution < -0.4 is 0 Å². The summed E-state index contributed by atoms with van der Waals surface area (Å²) in [6.45, 7) is 0. The molecule has 0 atom stereocenters. The summed E-state index contributed by atoms with van der Waals surface area (Å²) in [6, 6.07) is 4.04. The van der Waals surface area contributed by atoms with Crippen LogP contribution in [0.25, 0.3) is 0 Å². The fourth-order valence-corrected chi connectivity index (χ4v) is 2.51. The molecule has 1 nitrogen and oxygen atoms in total. The molecule has 2 rings (SSSR count). The van der Waals surface area contributed by atoms with E-state index in [1.54, 1.807) is 0 Å². The van der Waals surface area contributed by atoms with Gasteiger partial charge in [0.05, 0.1) is 10.5 Å². The zero-order valence-corrected chi connectivity index (χ0v) is 11.1. The normalized spacial score (nSPS) is 11.7. The van der Waals surface area contributed by atoms with Crippen molar-refractivity contribution in [1.82, 2.24) is 4.98 Å². The second-order valence-corrected chi connectivity index (χ2v) is 5.14. The molecule has 0 fully saturated rings. The highest BCUT2D eigenvalue weighted by Gasteiger charge is 2.31. The van der Waals surface area contributed by atoms with Crippen LogP contribution in [0.1, 0.15) is 5.56 Å². The second-order valence-electron chi connectivity index (χ2n) is 3.69. The number of benzene rings is 1. The number of alkyl halides is 3. The van der Waals surface area contributed by atoms with Gasteiger partial charge in [-0.1, -0.05) is 23.4 Å². The average Bonchev–Trinajstić information content (AvgIpc) is 2.32. The van der Waals surface area contributed by atoms with Crippen molar-refractivity contribution in [3.63, 3.8) is 0 Å². The molecule has 0 radical (unpaired) electrons. The molecular weight excluding hydrogens is 321 g/mol. The first-order valence-corrected chi connectivity index (χ1v) is 6.33. The summed E-state index contributed by atoms with van der Waals surface area (Å²) in [4.78, 5) is 3.48. The van der Waals surface area contributed by atoms with Gasteiger partial charge in [-0.3, -0.25) is 0 Å². The predicted molar refractivity (Wildman–Crippen MR) is 64.7 cm³/mol. The van der Waals surface area contributed by atoms with Crippen LogP contribution in [-0.4, -0.2) is 4.98 Å². The van der Waals surface area contributed by atoms with Crippen LogP contribution in [0, 0.1) is 11.6 Å². The first kappa shape index (κ1) is 15.1. The van der Waals surface area contributed by atoms with Gasteiger partial charge in [0.1, 0.15) is 21.8 Å². The average molecular weight is 326 g/mol. The molecule has 1 aromatic heterocycles. The van der Waals surface area contributed by atoms with Crippen molar-refractivity contribution in [2.75, 3.05) is 0 Å². The van der Waals surface area contributed by atoms with Gasteiger partial charge in [-0.25, -0.2) is 13.8 Å². The molecule has 1 heterocycles. The van der Waals surface area contributed by atoms with Gasteiger partial charge in [-0.15, -0.1) is 0 Å². The van der Waals surface area contributed by atoms with Crippen LogP contribution in [0.2, 0.25) is 5.15 Å². The van der Waals surface area contributed by atoms with Crippen molar-refractivity contribution in [3.05, 3.63) is 52.7 Å². The van der Waals surface area contributed by atoms with E-state index in [9.17, 15) is 22.0 Å². The van der Waals surface area contributed by atoms with E-state index in [0.717, 1.165) is 24.3 Å². The van der Waals surface area contributed by atoms with E-state index >= 15 is 0 Å². The lowest BCUT2D eigenvalue weighted by Gasteiger charge is -2.09. The minimum absolute atomic E-state index is 0.172. The van der Waals surface area contributed by atoms with Crippen molar-refractivity contribution in [1.29, 1.82) is 0 Å². The molecule has 0 aliphatic heterocycles. The van der Waals surface area contributed by atoms with E-state index in [2.05, 4.69) is 4.98 Å². The van der Waals surface area contributed by atoms with Gasteiger partial charge in [0.15, 0.2) is 0 Å². The summed E-state index contributed by atoms with van der Waals surface area (Å²) < 4.78 is 64.2. The van der Waals surface area contributed by atoms with Crippen LogP contribution in [0.4, 0.5) is 22.0 Å². The van der Waals surface area contributed by atoms with Crippen molar-refractivity contribution in [2.24, 2.45) is 0 Å². The lowest BCUT2D eigenvalue weighted by molar-refractivity contribution is -0.137. The summed E-state index contributed by atoms with van der Waals surface area (Å²) >= 11 is 6.06. The molecule has 0 saturated carbocycles. The predicted octanol–water partition coefficient (Wildman–Crippen LogP) is 5.18. The molecule has 1 aromatic carbocycles. The van der Waals surface area contributed by atoms with Crippen LogP contribution in [0.15, 0.2) is 40.3 Å². The third-order valence-corrected chi connectivity index (χ3v) is 3.35. The van der Waals surface area contributed by atoms with Crippen molar-refractivity contribution in [2.45, 2.75) is 16.1 Å². The summed E-state index contributed by atoms with van der Waals surface area (Å²) in [6.07, 6.45) is -4.59. The number of hydrogen-bond acceptors (Lipinski definition) is 2. The fourth-order valence-electron chi connectivity index (χ4n) is 1.36. The Morgan fingerprint density at radius 3 is 2.40 bits per heavy atom. The summed E-state index contributed by atoms with van der Waals surface area (Å²) in [5, 5.41) is -0.548. The highest BCUT2D eigenvalue weighted by atomic mass is 35.5. The zero-order chi connectivity index (χ0) is 14.9. The minimum Gasteiger partial charge on any atom is -0.229 e. The summed E-state index contributed by atoms with van der Waals surface area (Å²) in [7, 11) is 0. The quantitative estimate of drug-likeness (QED) is 0.557. The van der Waals surface area contributed by atoms with Crippen LogP contribution >= 0.6 is 23.4 Å². The van der Waals surface area contributed by atoms with Crippen molar-refractivity contribution >= 4 is 23.4 Å². The van der Waals surface area contributed by atoms with E-state index in [4.69, 9.17) is 11.6 Å².